The van der Waals surface area contributed by atoms with Crippen LogP contribution in [0.2, 0.25) is 0 Å². The van der Waals surface area contributed by atoms with Gasteiger partial charge in [-0.3, -0.25) is 4.79 Å². The fraction of sp³-hybridized carbons (Fsp3) is 0.300. The molecular formula is C10H14N2O3. The van der Waals surface area contributed by atoms with Crippen LogP contribution in [0.4, 0.5) is 5.69 Å². The molecule has 5 heteroatoms. The lowest BCUT2D eigenvalue weighted by atomic mass is 10.1. The summed E-state index contributed by atoms with van der Waals surface area (Å²) in [6.45, 7) is 0.979. The quantitative estimate of drug-likeness (QED) is 0.527. The highest BCUT2D eigenvalue weighted by Gasteiger charge is 2.09. The van der Waals surface area contributed by atoms with Crippen LogP contribution in [-0.2, 0) is 11.2 Å². The largest absolute Gasteiger partial charge is 0.505 e. The summed E-state index contributed by atoms with van der Waals surface area (Å²) in [4.78, 5) is 10.5. The summed E-state index contributed by atoms with van der Waals surface area (Å²) < 4.78 is 0. The molecule has 0 fully saturated rings. The first kappa shape index (κ1) is 11.3. The molecule has 1 aromatic carbocycles. The first-order chi connectivity index (χ1) is 7.15. The van der Waals surface area contributed by atoms with Crippen molar-refractivity contribution in [1.29, 1.82) is 0 Å². The van der Waals surface area contributed by atoms with E-state index in [9.17, 15) is 9.90 Å². The molecular weight excluding hydrogens is 196 g/mol. The zero-order valence-corrected chi connectivity index (χ0v) is 8.23. The molecule has 82 valence electrons. The van der Waals surface area contributed by atoms with Gasteiger partial charge >= 0.3 is 5.97 Å². The van der Waals surface area contributed by atoms with Crippen LogP contribution < -0.4 is 11.1 Å². The van der Waals surface area contributed by atoms with Crippen molar-refractivity contribution in [3.05, 3.63) is 23.8 Å². The Bertz CT molecular complexity index is 353. The molecule has 0 atom stereocenters. The van der Waals surface area contributed by atoms with Gasteiger partial charge in [0, 0.05) is 18.7 Å². The first-order valence-corrected chi connectivity index (χ1v) is 4.61. The number of nitrogens with one attached hydrogen (secondary N) is 1. The average molecular weight is 210 g/mol. The van der Waals surface area contributed by atoms with Gasteiger partial charge in [-0.1, -0.05) is 12.1 Å². The van der Waals surface area contributed by atoms with Crippen molar-refractivity contribution in [3.63, 3.8) is 0 Å². The molecule has 0 aliphatic heterocycles. The Hall–Kier alpha value is -1.75. The number of carbonyl (C=O) groups is 1. The second-order valence-corrected chi connectivity index (χ2v) is 3.10. The Kier molecular flexibility index (Phi) is 3.93. The molecule has 0 aromatic heterocycles. The number of aliphatic carboxylic acids is 1. The van der Waals surface area contributed by atoms with Crippen molar-refractivity contribution >= 4 is 11.7 Å². The van der Waals surface area contributed by atoms with E-state index in [2.05, 4.69) is 5.32 Å². The van der Waals surface area contributed by atoms with Crippen LogP contribution >= 0.6 is 0 Å². The Morgan fingerprint density at radius 1 is 1.47 bits per heavy atom. The van der Waals surface area contributed by atoms with E-state index in [0.717, 1.165) is 0 Å². The highest BCUT2D eigenvalue weighted by molar-refractivity contribution is 5.73. The normalized spacial score (nSPS) is 9.93. The maximum atomic E-state index is 10.5. The van der Waals surface area contributed by atoms with Gasteiger partial charge in [0.2, 0.25) is 0 Å². The maximum Gasteiger partial charge on any atom is 0.307 e. The van der Waals surface area contributed by atoms with E-state index < -0.39 is 5.97 Å². The highest BCUT2D eigenvalue weighted by Crippen LogP contribution is 2.27. The Morgan fingerprint density at radius 3 is 2.80 bits per heavy atom. The van der Waals surface area contributed by atoms with E-state index in [4.69, 9.17) is 10.8 Å². The molecule has 0 unspecified atom stereocenters. The lowest BCUT2D eigenvalue weighted by Gasteiger charge is -2.09. The third kappa shape index (κ3) is 3.14. The molecule has 0 heterocycles. The van der Waals surface area contributed by atoms with E-state index in [1.165, 1.54) is 0 Å². The molecule has 0 aliphatic rings. The summed E-state index contributed by atoms with van der Waals surface area (Å²) in [7, 11) is 0. The summed E-state index contributed by atoms with van der Waals surface area (Å²) in [5.74, 6) is -0.991. The van der Waals surface area contributed by atoms with Gasteiger partial charge in [0.05, 0.1) is 12.1 Å². The van der Waals surface area contributed by atoms with Gasteiger partial charge < -0.3 is 21.3 Å². The van der Waals surface area contributed by atoms with Gasteiger partial charge in [0.15, 0.2) is 0 Å². The Morgan fingerprint density at radius 2 is 2.20 bits per heavy atom. The van der Waals surface area contributed by atoms with E-state index in [0.29, 0.717) is 24.3 Å². The lowest BCUT2D eigenvalue weighted by Crippen LogP contribution is -2.13. The number of benzene rings is 1. The molecule has 5 nitrogen and oxygen atoms in total. The molecule has 0 spiro atoms. The van der Waals surface area contributed by atoms with Crippen LogP contribution in [-0.4, -0.2) is 29.3 Å². The van der Waals surface area contributed by atoms with Gasteiger partial charge in [-0.25, -0.2) is 0 Å². The predicted molar refractivity (Wildman–Crippen MR) is 57.0 cm³/mol. The van der Waals surface area contributed by atoms with Crippen LogP contribution in [0.3, 0.4) is 0 Å². The standard InChI is InChI=1S/C10H14N2O3/c11-4-5-12-8-3-1-2-7(10(8)15)6-9(13)14/h1-3,12,15H,4-6,11H2,(H,13,14). The second kappa shape index (κ2) is 5.21. The zero-order chi connectivity index (χ0) is 11.3. The van der Waals surface area contributed by atoms with Crippen molar-refractivity contribution < 1.29 is 15.0 Å². The van der Waals surface area contributed by atoms with Gasteiger partial charge in [0.1, 0.15) is 5.75 Å². The monoisotopic (exact) mass is 210 g/mol. The molecule has 1 aromatic rings. The summed E-state index contributed by atoms with van der Waals surface area (Å²) >= 11 is 0. The molecule has 15 heavy (non-hydrogen) atoms. The molecule has 0 radical (unpaired) electrons. The third-order valence-corrected chi connectivity index (χ3v) is 1.92. The molecule has 0 bridgehead atoms. The topological polar surface area (TPSA) is 95.6 Å². The average Bonchev–Trinajstić information content (AvgIpc) is 2.19. The number of carboxylic acids is 1. The summed E-state index contributed by atoms with van der Waals surface area (Å²) in [5, 5.41) is 21.2. The summed E-state index contributed by atoms with van der Waals surface area (Å²) in [6.07, 6.45) is -0.190. The number of para-hydroxylation sites is 1. The molecule has 0 aliphatic carbocycles. The van der Waals surface area contributed by atoms with Gasteiger partial charge in [-0.2, -0.15) is 0 Å². The van der Waals surface area contributed by atoms with Crippen molar-refractivity contribution in [3.8, 4) is 5.75 Å². The smallest absolute Gasteiger partial charge is 0.307 e. The predicted octanol–water partition coefficient (Wildman–Crippen LogP) is 0.390. The Labute approximate surface area is 87.5 Å². The van der Waals surface area contributed by atoms with Crippen LogP contribution in [0.15, 0.2) is 18.2 Å². The van der Waals surface area contributed by atoms with Crippen LogP contribution in [0.25, 0.3) is 0 Å². The van der Waals surface area contributed by atoms with E-state index in [1.54, 1.807) is 18.2 Å². The minimum Gasteiger partial charge on any atom is -0.505 e. The maximum absolute atomic E-state index is 10.5. The van der Waals surface area contributed by atoms with Crippen molar-refractivity contribution in [2.45, 2.75) is 6.42 Å². The number of phenols is 1. The van der Waals surface area contributed by atoms with Crippen molar-refractivity contribution in [2.75, 3.05) is 18.4 Å². The Balaban J connectivity index is 2.85. The number of anilines is 1. The summed E-state index contributed by atoms with van der Waals surface area (Å²) in [6, 6.07) is 4.95. The summed E-state index contributed by atoms with van der Waals surface area (Å²) in [5.41, 5.74) is 6.21. The molecule has 1 rings (SSSR count). The van der Waals surface area contributed by atoms with E-state index in [1.807, 2.05) is 0 Å². The number of nitrogens with two attached hydrogens (primary N) is 1. The van der Waals surface area contributed by atoms with E-state index >= 15 is 0 Å². The fourth-order valence-corrected chi connectivity index (χ4v) is 1.25. The number of rotatable bonds is 5. The van der Waals surface area contributed by atoms with Crippen LogP contribution in [0.5, 0.6) is 5.75 Å². The third-order valence-electron chi connectivity index (χ3n) is 1.92. The van der Waals surface area contributed by atoms with Gasteiger partial charge in [-0.05, 0) is 6.07 Å². The molecule has 0 saturated carbocycles. The molecule has 5 N–H and O–H groups in total. The SMILES string of the molecule is NCCNc1cccc(CC(=O)O)c1O. The number of aromatic hydroxyl groups is 1. The highest BCUT2D eigenvalue weighted by atomic mass is 16.4. The van der Waals surface area contributed by atoms with Gasteiger partial charge in [0.25, 0.3) is 0 Å². The molecule has 0 saturated heterocycles. The first-order valence-electron chi connectivity index (χ1n) is 4.61. The zero-order valence-electron chi connectivity index (χ0n) is 8.23. The van der Waals surface area contributed by atoms with Crippen molar-refractivity contribution in [2.24, 2.45) is 5.73 Å². The minimum atomic E-state index is -0.971. The van der Waals surface area contributed by atoms with Gasteiger partial charge in [-0.15, -0.1) is 0 Å². The number of phenolic OH excluding ortho intramolecular Hbond substituents is 1. The minimum absolute atomic E-state index is 0.0200. The lowest BCUT2D eigenvalue weighted by molar-refractivity contribution is -0.136. The number of hydrogen-bond acceptors (Lipinski definition) is 4. The number of carboxylic acid groups (broad SMARTS) is 1. The second-order valence-electron chi connectivity index (χ2n) is 3.10. The van der Waals surface area contributed by atoms with E-state index in [-0.39, 0.29) is 12.2 Å². The number of hydrogen-bond donors (Lipinski definition) is 4. The molecule has 0 amide bonds. The van der Waals surface area contributed by atoms with Crippen LogP contribution in [0, 0.1) is 0 Å². The fourth-order valence-electron chi connectivity index (χ4n) is 1.25. The van der Waals surface area contributed by atoms with Crippen LogP contribution in [0.1, 0.15) is 5.56 Å². The van der Waals surface area contributed by atoms with Crippen molar-refractivity contribution in [1.82, 2.24) is 0 Å².